The Balaban J connectivity index is 1.99. The Morgan fingerprint density at radius 2 is 1.79 bits per heavy atom. The van der Waals surface area contributed by atoms with E-state index in [0.29, 0.717) is 0 Å². The zero-order chi connectivity index (χ0) is 12.7. The molecule has 0 saturated carbocycles. The first-order valence-corrected chi connectivity index (χ1v) is 6.04. The monoisotopic (exact) mass is 245 g/mol. The van der Waals surface area contributed by atoms with Gasteiger partial charge in [-0.3, -0.25) is 0 Å². The van der Waals surface area contributed by atoms with Gasteiger partial charge in [0.15, 0.2) is 5.58 Å². The van der Waals surface area contributed by atoms with Crippen LogP contribution in [0.4, 0.5) is 0 Å². The number of aromatic nitrogens is 2. The van der Waals surface area contributed by atoms with Crippen molar-refractivity contribution in [2.45, 2.75) is 0 Å². The summed E-state index contributed by atoms with van der Waals surface area (Å²) in [6.45, 7) is 0. The molecule has 0 bridgehead atoms. The molecular formula is C16H9N2O. The fourth-order valence-electron chi connectivity index (χ4n) is 2.22. The van der Waals surface area contributed by atoms with Crippen molar-refractivity contribution in [3.63, 3.8) is 0 Å². The minimum Gasteiger partial charge on any atom is -0.356 e. The Morgan fingerprint density at radius 3 is 2.79 bits per heavy atom. The Bertz CT molecular complexity index is 880. The van der Waals surface area contributed by atoms with E-state index in [9.17, 15) is 0 Å². The van der Waals surface area contributed by atoms with Gasteiger partial charge in [-0.05, 0) is 24.3 Å². The van der Waals surface area contributed by atoms with Gasteiger partial charge in [0.05, 0.1) is 11.7 Å². The summed E-state index contributed by atoms with van der Waals surface area (Å²) >= 11 is 0. The molecule has 0 spiro atoms. The molecule has 0 N–H and O–H groups in total. The standard InChI is InChI=1S/C16H9N2O/c1-3-7-14-11(5-1)9-12(10-17-14)16-13-6-2-4-8-15(13)19-18-16/h1-9H. The summed E-state index contributed by atoms with van der Waals surface area (Å²) in [7, 11) is 0. The first-order chi connectivity index (χ1) is 9.42. The maximum Gasteiger partial charge on any atom is 0.167 e. The molecule has 0 aliphatic carbocycles. The molecule has 0 fully saturated rings. The molecule has 3 heteroatoms. The van der Waals surface area contributed by atoms with Crippen molar-refractivity contribution in [1.82, 2.24) is 10.1 Å². The zero-order valence-electron chi connectivity index (χ0n) is 10.00. The van der Waals surface area contributed by atoms with Gasteiger partial charge >= 0.3 is 0 Å². The predicted molar refractivity (Wildman–Crippen MR) is 73.6 cm³/mol. The smallest absolute Gasteiger partial charge is 0.167 e. The summed E-state index contributed by atoms with van der Waals surface area (Å²) in [5, 5.41) is 6.18. The molecule has 2 aromatic heterocycles. The molecule has 2 aromatic carbocycles. The molecular weight excluding hydrogens is 236 g/mol. The summed E-state index contributed by atoms with van der Waals surface area (Å²) in [5.41, 5.74) is 3.34. The van der Waals surface area contributed by atoms with Gasteiger partial charge < -0.3 is 4.52 Å². The molecule has 89 valence electrons. The molecule has 2 heterocycles. The molecule has 19 heavy (non-hydrogen) atoms. The third kappa shape index (κ3) is 1.59. The summed E-state index contributed by atoms with van der Waals surface area (Å²) < 4.78 is 5.32. The van der Waals surface area contributed by atoms with E-state index in [-0.39, 0.29) is 0 Å². The largest absolute Gasteiger partial charge is 0.356 e. The third-order valence-electron chi connectivity index (χ3n) is 3.17. The van der Waals surface area contributed by atoms with Crippen LogP contribution in [0.25, 0.3) is 33.1 Å². The second kappa shape index (κ2) is 3.92. The van der Waals surface area contributed by atoms with E-state index in [0.717, 1.165) is 33.1 Å². The van der Waals surface area contributed by atoms with E-state index in [4.69, 9.17) is 4.52 Å². The van der Waals surface area contributed by atoms with Crippen LogP contribution in [-0.2, 0) is 0 Å². The predicted octanol–water partition coefficient (Wildman–Crippen LogP) is 3.84. The summed E-state index contributed by atoms with van der Waals surface area (Å²) in [5.74, 6) is 0. The van der Waals surface area contributed by atoms with Crippen LogP contribution < -0.4 is 0 Å². The quantitative estimate of drug-likeness (QED) is 0.511. The Kier molecular flexibility index (Phi) is 2.12. The molecule has 0 atom stereocenters. The number of benzene rings is 2. The van der Waals surface area contributed by atoms with E-state index in [2.05, 4.69) is 16.3 Å². The second-order valence-electron chi connectivity index (χ2n) is 4.37. The molecule has 0 aliphatic rings. The van der Waals surface area contributed by atoms with Crippen LogP contribution in [0.2, 0.25) is 0 Å². The lowest BCUT2D eigenvalue weighted by molar-refractivity contribution is 0.459. The molecule has 1 radical (unpaired) electrons. The molecule has 4 aromatic rings. The van der Waals surface area contributed by atoms with Crippen molar-refractivity contribution in [1.29, 1.82) is 0 Å². The summed E-state index contributed by atoms with van der Waals surface area (Å²) in [6, 6.07) is 17.8. The van der Waals surface area contributed by atoms with E-state index in [1.807, 2.05) is 54.6 Å². The molecule has 0 unspecified atom stereocenters. The van der Waals surface area contributed by atoms with Crippen LogP contribution in [0.5, 0.6) is 0 Å². The maximum absolute atomic E-state index is 5.32. The topological polar surface area (TPSA) is 38.9 Å². The van der Waals surface area contributed by atoms with Crippen molar-refractivity contribution in [3.05, 3.63) is 60.8 Å². The van der Waals surface area contributed by atoms with Crippen molar-refractivity contribution in [2.75, 3.05) is 0 Å². The fourth-order valence-corrected chi connectivity index (χ4v) is 2.22. The SMILES string of the molecule is [c]1nc2ccccc2cc1-c1noc2ccccc12. The number of nitrogens with zero attached hydrogens (tertiary/aromatic N) is 2. The van der Waals surface area contributed by atoms with E-state index >= 15 is 0 Å². The van der Waals surface area contributed by atoms with E-state index in [1.165, 1.54) is 0 Å². The lowest BCUT2D eigenvalue weighted by atomic mass is 10.1. The number of pyridine rings is 1. The van der Waals surface area contributed by atoms with Crippen LogP contribution in [0.1, 0.15) is 0 Å². The highest BCUT2D eigenvalue weighted by atomic mass is 16.5. The fraction of sp³-hybridized carbons (Fsp3) is 0. The van der Waals surface area contributed by atoms with Crippen LogP contribution in [0.15, 0.2) is 59.1 Å². The zero-order valence-corrected chi connectivity index (χ0v) is 10.00. The van der Waals surface area contributed by atoms with Gasteiger partial charge in [-0.15, -0.1) is 0 Å². The highest BCUT2D eigenvalue weighted by molar-refractivity contribution is 5.93. The van der Waals surface area contributed by atoms with E-state index < -0.39 is 0 Å². The highest BCUT2D eigenvalue weighted by Gasteiger charge is 2.10. The van der Waals surface area contributed by atoms with Gasteiger partial charge in [-0.25, -0.2) is 4.98 Å². The minimum absolute atomic E-state index is 0.777. The lowest BCUT2D eigenvalue weighted by Crippen LogP contribution is -1.84. The highest BCUT2D eigenvalue weighted by Crippen LogP contribution is 2.28. The minimum atomic E-state index is 0.777. The second-order valence-corrected chi connectivity index (χ2v) is 4.37. The van der Waals surface area contributed by atoms with Gasteiger partial charge in [0.2, 0.25) is 0 Å². The number of fused-ring (bicyclic) bond motifs is 2. The van der Waals surface area contributed by atoms with Crippen LogP contribution >= 0.6 is 0 Å². The van der Waals surface area contributed by atoms with Gasteiger partial charge in [-0.1, -0.05) is 35.5 Å². The molecule has 0 aliphatic heterocycles. The number of hydrogen-bond acceptors (Lipinski definition) is 3. The summed E-state index contributed by atoms with van der Waals surface area (Å²) in [6.07, 6.45) is 3.03. The van der Waals surface area contributed by atoms with Gasteiger partial charge in [0.1, 0.15) is 5.69 Å². The average Bonchev–Trinajstić information content (AvgIpc) is 2.91. The lowest BCUT2D eigenvalue weighted by Gasteiger charge is -1.99. The molecule has 0 amide bonds. The van der Waals surface area contributed by atoms with Gasteiger partial charge in [0, 0.05) is 16.3 Å². The molecule has 0 saturated heterocycles. The first kappa shape index (κ1) is 10.3. The van der Waals surface area contributed by atoms with Crippen molar-refractivity contribution >= 4 is 21.9 Å². The van der Waals surface area contributed by atoms with Crippen LogP contribution in [0, 0.1) is 6.20 Å². The Labute approximate surface area is 109 Å². The van der Waals surface area contributed by atoms with Crippen molar-refractivity contribution in [3.8, 4) is 11.3 Å². The third-order valence-corrected chi connectivity index (χ3v) is 3.17. The first-order valence-electron chi connectivity index (χ1n) is 6.04. The van der Waals surface area contributed by atoms with Gasteiger partial charge in [-0.2, -0.15) is 0 Å². The molecule has 4 rings (SSSR count). The number of para-hydroxylation sites is 2. The van der Waals surface area contributed by atoms with Crippen molar-refractivity contribution in [2.24, 2.45) is 0 Å². The van der Waals surface area contributed by atoms with Gasteiger partial charge in [0.25, 0.3) is 0 Å². The average molecular weight is 245 g/mol. The Morgan fingerprint density at radius 1 is 0.947 bits per heavy atom. The van der Waals surface area contributed by atoms with Crippen molar-refractivity contribution < 1.29 is 4.52 Å². The van der Waals surface area contributed by atoms with E-state index in [1.54, 1.807) is 0 Å². The number of rotatable bonds is 1. The molecule has 3 nitrogen and oxygen atoms in total. The van der Waals surface area contributed by atoms with Crippen LogP contribution in [0.3, 0.4) is 0 Å². The normalized spacial score (nSPS) is 11.2. The number of hydrogen-bond donors (Lipinski definition) is 0. The van der Waals surface area contributed by atoms with Crippen LogP contribution in [-0.4, -0.2) is 10.1 Å². The Hall–Kier alpha value is -2.68. The maximum atomic E-state index is 5.32. The summed E-state index contributed by atoms with van der Waals surface area (Å²) in [4.78, 5) is 4.34.